The zero-order valence-electron chi connectivity index (χ0n) is 14.7. The summed E-state index contributed by atoms with van der Waals surface area (Å²) in [6, 6.07) is 7.31. The van der Waals surface area contributed by atoms with Gasteiger partial charge >= 0.3 is 0 Å². The first-order valence-electron chi connectivity index (χ1n) is 9.13. The van der Waals surface area contributed by atoms with Gasteiger partial charge in [-0.2, -0.15) is 0 Å². The Balaban J connectivity index is 1.47. The molecule has 0 aromatic heterocycles. The van der Waals surface area contributed by atoms with Crippen molar-refractivity contribution in [3.63, 3.8) is 0 Å². The normalized spacial score (nSPS) is 22.8. The maximum Gasteiger partial charge on any atom is 0.265 e. The third kappa shape index (κ3) is 4.44. The highest BCUT2D eigenvalue weighted by atomic mass is 16.6. The van der Waals surface area contributed by atoms with Gasteiger partial charge in [-0.3, -0.25) is 9.59 Å². The number of benzene rings is 1. The molecule has 6 heteroatoms. The first kappa shape index (κ1) is 17.6. The number of rotatable bonds is 4. The summed E-state index contributed by atoms with van der Waals surface area (Å²) in [5.74, 6) is 1.09. The Morgan fingerprint density at radius 3 is 2.40 bits per heavy atom. The molecule has 1 N–H and O–H groups in total. The topological polar surface area (TPSA) is 67.9 Å². The van der Waals surface area contributed by atoms with Gasteiger partial charge in [-0.1, -0.05) is 25.0 Å². The minimum absolute atomic E-state index is 0.112. The monoisotopic (exact) mass is 346 g/mol. The second-order valence-corrected chi connectivity index (χ2v) is 6.64. The zero-order valence-corrected chi connectivity index (χ0v) is 14.7. The molecule has 1 aromatic rings. The zero-order chi connectivity index (χ0) is 17.6. The van der Waals surface area contributed by atoms with E-state index in [1.54, 1.807) is 6.07 Å². The molecule has 6 nitrogen and oxygen atoms in total. The van der Waals surface area contributed by atoms with Crippen LogP contribution in [-0.2, 0) is 9.59 Å². The molecule has 0 radical (unpaired) electrons. The van der Waals surface area contributed by atoms with Crippen molar-refractivity contribution < 1.29 is 19.1 Å². The summed E-state index contributed by atoms with van der Waals surface area (Å²) >= 11 is 0. The molecule has 0 saturated carbocycles. The quantitative estimate of drug-likeness (QED) is 0.907. The molecule has 0 unspecified atom stereocenters. The predicted octanol–water partition coefficient (Wildman–Crippen LogP) is 2.12. The second kappa shape index (κ2) is 8.23. The Hall–Kier alpha value is -2.24. The van der Waals surface area contributed by atoms with Crippen LogP contribution < -0.4 is 14.8 Å². The number of para-hydroxylation sites is 2. The average Bonchev–Trinajstić information content (AvgIpc) is 2.90. The van der Waals surface area contributed by atoms with Crippen molar-refractivity contribution in [2.45, 2.75) is 51.2 Å². The molecule has 0 bridgehead atoms. The standard InChI is InChI=1S/C19H26N2O4/c1-14-18(25-16-9-5-4-8-15(16)24-14)19(23)20-11-10-17(22)21-12-6-2-3-7-13-21/h4-5,8-9,14,18H,2-3,6-7,10-13H2,1H3,(H,20,23)/t14-,18-/m0/s1. The van der Waals surface area contributed by atoms with E-state index < -0.39 is 6.10 Å². The lowest BCUT2D eigenvalue weighted by atomic mass is 10.1. The van der Waals surface area contributed by atoms with Crippen LogP contribution in [-0.4, -0.2) is 48.6 Å². The number of ether oxygens (including phenoxy) is 2. The number of likely N-dealkylation sites (tertiary alicyclic amines) is 1. The molecule has 0 aliphatic carbocycles. The van der Waals surface area contributed by atoms with Crippen LogP contribution in [0.25, 0.3) is 0 Å². The van der Waals surface area contributed by atoms with Gasteiger partial charge in [0.25, 0.3) is 5.91 Å². The Kier molecular flexibility index (Phi) is 5.79. The van der Waals surface area contributed by atoms with Gasteiger partial charge in [-0.05, 0) is 31.9 Å². The fourth-order valence-corrected chi connectivity index (χ4v) is 3.28. The fourth-order valence-electron chi connectivity index (χ4n) is 3.28. The summed E-state index contributed by atoms with van der Waals surface area (Å²) < 4.78 is 11.5. The van der Waals surface area contributed by atoms with Crippen LogP contribution in [0.15, 0.2) is 24.3 Å². The number of carbonyl (C=O) groups is 2. The van der Waals surface area contributed by atoms with E-state index in [2.05, 4.69) is 5.32 Å². The maximum absolute atomic E-state index is 12.4. The first-order valence-corrected chi connectivity index (χ1v) is 9.13. The van der Waals surface area contributed by atoms with Crippen molar-refractivity contribution in [3.8, 4) is 11.5 Å². The highest BCUT2D eigenvalue weighted by Gasteiger charge is 2.33. The third-order valence-corrected chi connectivity index (χ3v) is 4.70. The lowest BCUT2D eigenvalue weighted by Gasteiger charge is -2.31. The van der Waals surface area contributed by atoms with Crippen molar-refractivity contribution in [1.82, 2.24) is 10.2 Å². The first-order chi connectivity index (χ1) is 12.1. The van der Waals surface area contributed by atoms with E-state index in [-0.39, 0.29) is 17.9 Å². The van der Waals surface area contributed by atoms with Crippen molar-refractivity contribution in [2.24, 2.45) is 0 Å². The number of hydrogen-bond acceptors (Lipinski definition) is 4. The smallest absolute Gasteiger partial charge is 0.265 e. The van der Waals surface area contributed by atoms with Gasteiger partial charge in [0.1, 0.15) is 6.10 Å². The molecule has 1 fully saturated rings. The van der Waals surface area contributed by atoms with Crippen LogP contribution in [0.1, 0.15) is 39.0 Å². The largest absolute Gasteiger partial charge is 0.482 e. The Morgan fingerprint density at radius 2 is 1.72 bits per heavy atom. The van der Waals surface area contributed by atoms with E-state index >= 15 is 0 Å². The van der Waals surface area contributed by atoms with Crippen molar-refractivity contribution in [1.29, 1.82) is 0 Å². The molecule has 2 heterocycles. The van der Waals surface area contributed by atoms with E-state index in [1.807, 2.05) is 30.0 Å². The Labute approximate surface area is 148 Å². The number of nitrogens with one attached hydrogen (secondary N) is 1. The molecule has 0 spiro atoms. The molecule has 1 aromatic carbocycles. The van der Waals surface area contributed by atoms with E-state index in [0.717, 1.165) is 25.9 Å². The summed E-state index contributed by atoms with van der Waals surface area (Å²) in [6.07, 6.45) is 3.77. The highest BCUT2D eigenvalue weighted by Crippen LogP contribution is 2.33. The molecular weight excluding hydrogens is 320 g/mol. The van der Waals surface area contributed by atoms with Crippen molar-refractivity contribution in [2.75, 3.05) is 19.6 Å². The molecule has 2 atom stereocenters. The SMILES string of the molecule is C[C@@H]1Oc2ccccc2O[C@@H]1C(=O)NCCC(=O)N1CCCCCC1. The lowest BCUT2D eigenvalue weighted by Crippen LogP contribution is -2.49. The predicted molar refractivity (Wildman–Crippen MR) is 93.6 cm³/mol. The minimum atomic E-state index is -0.705. The second-order valence-electron chi connectivity index (χ2n) is 6.64. The molecular formula is C19H26N2O4. The van der Waals surface area contributed by atoms with E-state index in [0.29, 0.717) is 24.5 Å². The van der Waals surface area contributed by atoms with Gasteiger partial charge < -0.3 is 19.7 Å². The summed E-state index contributed by atoms with van der Waals surface area (Å²) in [5.41, 5.74) is 0. The highest BCUT2D eigenvalue weighted by molar-refractivity contribution is 5.83. The molecule has 1 saturated heterocycles. The number of fused-ring (bicyclic) bond motifs is 1. The van der Waals surface area contributed by atoms with Gasteiger partial charge in [0.15, 0.2) is 11.5 Å². The van der Waals surface area contributed by atoms with Crippen molar-refractivity contribution in [3.05, 3.63) is 24.3 Å². The molecule has 3 rings (SSSR count). The molecule has 2 aliphatic heterocycles. The van der Waals surface area contributed by atoms with Gasteiger partial charge in [0.05, 0.1) is 0 Å². The number of amides is 2. The van der Waals surface area contributed by atoms with Gasteiger partial charge in [-0.25, -0.2) is 0 Å². The fraction of sp³-hybridized carbons (Fsp3) is 0.579. The number of hydrogen-bond donors (Lipinski definition) is 1. The summed E-state index contributed by atoms with van der Waals surface area (Å²) in [6.45, 7) is 3.80. The minimum Gasteiger partial charge on any atom is -0.482 e. The van der Waals surface area contributed by atoms with Crippen LogP contribution in [0.5, 0.6) is 11.5 Å². The van der Waals surface area contributed by atoms with Crippen LogP contribution in [0.3, 0.4) is 0 Å². The summed E-state index contributed by atoms with van der Waals surface area (Å²) in [4.78, 5) is 26.6. The van der Waals surface area contributed by atoms with Gasteiger partial charge in [0, 0.05) is 26.1 Å². The summed E-state index contributed by atoms with van der Waals surface area (Å²) in [5, 5.41) is 2.81. The average molecular weight is 346 g/mol. The van der Waals surface area contributed by atoms with Crippen LogP contribution in [0.4, 0.5) is 0 Å². The van der Waals surface area contributed by atoms with Crippen LogP contribution in [0.2, 0.25) is 0 Å². The van der Waals surface area contributed by atoms with E-state index in [4.69, 9.17) is 9.47 Å². The van der Waals surface area contributed by atoms with Crippen molar-refractivity contribution >= 4 is 11.8 Å². The molecule has 136 valence electrons. The van der Waals surface area contributed by atoms with Gasteiger partial charge in [0.2, 0.25) is 12.0 Å². The third-order valence-electron chi connectivity index (χ3n) is 4.70. The Morgan fingerprint density at radius 1 is 1.08 bits per heavy atom. The number of nitrogens with zero attached hydrogens (tertiary/aromatic N) is 1. The Bertz CT molecular complexity index is 611. The lowest BCUT2D eigenvalue weighted by molar-refractivity contribution is -0.134. The maximum atomic E-state index is 12.4. The van der Waals surface area contributed by atoms with Crippen LogP contribution in [0, 0.1) is 0 Å². The summed E-state index contributed by atoms with van der Waals surface area (Å²) in [7, 11) is 0. The number of carbonyl (C=O) groups excluding carboxylic acids is 2. The molecule has 2 amide bonds. The van der Waals surface area contributed by atoms with Crippen LogP contribution >= 0.6 is 0 Å². The van der Waals surface area contributed by atoms with E-state index in [9.17, 15) is 9.59 Å². The molecule has 2 aliphatic rings. The van der Waals surface area contributed by atoms with Gasteiger partial charge in [-0.15, -0.1) is 0 Å². The molecule has 25 heavy (non-hydrogen) atoms. The van der Waals surface area contributed by atoms with E-state index in [1.165, 1.54) is 12.8 Å².